The summed E-state index contributed by atoms with van der Waals surface area (Å²) in [6.07, 6.45) is 1.69. The van der Waals surface area contributed by atoms with E-state index >= 15 is 0 Å². The summed E-state index contributed by atoms with van der Waals surface area (Å²) >= 11 is 0. The van der Waals surface area contributed by atoms with Crippen LogP contribution in [0.2, 0.25) is 0 Å². The van der Waals surface area contributed by atoms with Crippen molar-refractivity contribution < 1.29 is 27.0 Å². The van der Waals surface area contributed by atoms with Gasteiger partial charge in [-0.15, -0.1) is 0 Å². The third-order valence-corrected chi connectivity index (χ3v) is 3.61. The van der Waals surface area contributed by atoms with Crippen LogP contribution in [0.25, 0.3) is 6.08 Å². The van der Waals surface area contributed by atoms with Crippen molar-refractivity contribution in [2.45, 2.75) is 26.4 Å². The second-order valence-electron chi connectivity index (χ2n) is 5.59. The van der Waals surface area contributed by atoms with Crippen LogP contribution >= 0.6 is 0 Å². The summed E-state index contributed by atoms with van der Waals surface area (Å²) < 4.78 is 65.6. The molecule has 26 heavy (non-hydrogen) atoms. The third-order valence-electron chi connectivity index (χ3n) is 3.61. The highest BCUT2D eigenvalue weighted by atomic mass is 19.2. The molecule has 6 heteroatoms. The highest BCUT2D eigenvalue weighted by molar-refractivity contribution is 5.49. The molecule has 0 aliphatic carbocycles. The molecule has 0 saturated heterocycles. The van der Waals surface area contributed by atoms with Gasteiger partial charge >= 0.3 is 0 Å². The van der Waals surface area contributed by atoms with E-state index in [4.69, 9.17) is 9.47 Å². The minimum Gasteiger partial charge on any atom is -0.491 e. The smallest absolute Gasteiger partial charge is 0.204 e. The van der Waals surface area contributed by atoms with Crippen LogP contribution in [0.3, 0.4) is 0 Å². The molecule has 2 aromatic rings. The first kappa shape index (κ1) is 19.8. The fourth-order valence-corrected chi connectivity index (χ4v) is 2.40. The topological polar surface area (TPSA) is 18.5 Å². The largest absolute Gasteiger partial charge is 0.491 e. The Morgan fingerprint density at radius 3 is 2.23 bits per heavy atom. The maximum Gasteiger partial charge on any atom is 0.204 e. The first-order valence-electron chi connectivity index (χ1n) is 8.25. The lowest BCUT2D eigenvalue weighted by molar-refractivity contribution is 0.186. The van der Waals surface area contributed by atoms with Crippen molar-refractivity contribution in [2.75, 3.05) is 13.2 Å². The normalized spacial score (nSPS) is 12.4. The molecule has 0 saturated carbocycles. The van der Waals surface area contributed by atoms with Crippen LogP contribution in [-0.2, 0) is 6.42 Å². The van der Waals surface area contributed by atoms with Crippen molar-refractivity contribution >= 4 is 6.08 Å². The van der Waals surface area contributed by atoms with Crippen LogP contribution in [0.5, 0.6) is 11.5 Å². The van der Waals surface area contributed by atoms with E-state index in [1.807, 2.05) is 6.92 Å². The molecule has 0 amide bonds. The number of halogens is 4. The van der Waals surface area contributed by atoms with Crippen molar-refractivity contribution in [3.05, 3.63) is 65.0 Å². The molecule has 0 bridgehead atoms. The summed E-state index contributed by atoms with van der Waals surface area (Å²) in [6, 6.07) is 6.86. The first-order valence-corrected chi connectivity index (χ1v) is 8.25. The van der Waals surface area contributed by atoms with Crippen LogP contribution in [0.4, 0.5) is 17.6 Å². The summed E-state index contributed by atoms with van der Waals surface area (Å²) in [5.74, 6) is -3.62. The zero-order valence-corrected chi connectivity index (χ0v) is 14.6. The predicted octanol–water partition coefficient (Wildman–Crippen LogP) is 5.50. The van der Waals surface area contributed by atoms with Crippen molar-refractivity contribution in [3.8, 4) is 11.5 Å². The summed E-state index contributed by atoms with van der Waals surface area (Å²) in [5, 5.41) is 0. The number of hydrogen-bond donors (Lipinski definition) is 0. The zero-order valence-electron chi connectivity index (χ0n) is 14.6. The van der Waals surface area contributed by atoms with Gasteiger partial charge in [-0.25, -0.2) is 8.78 Å². The Kier molecular flexibility index (Phi) is 7.06. The molecule has 0 heterocycles. The van der Waals surface area contributed by atoms with Gasteiger partial charge in [-0.1, -0.05) is 24.3 Å². The van der Waals surface area contributed by atoms with Crippen molar-refractivity contribution in [2.24, 2.45) is 0 Å². The van der Waals surface area contributed by atoms with Gasteiger partial charge in [-0.05, 0) is 43.2 Å². The van der Waals surface area contributed by atoms with Gasteiger partial charge in [0.15, 0.2) is 11.5 Å². The maximum atomic E-state index is 14.1. The number of rotatable bonds is 8. The molecule has 2 nitrogen and oxygen atoms in total. The van der Waals surface area contributed by atoms with Crippen molar-refractivity contribution in [1.82, 2.24) is 0 Å². The van der Waals surface area contributed by atoms with Crippen LogP contribution in [0, 0.1) is 17.5 Å². The average molecular weight is 368 g/mol. The van der Waals surface area contributed by atoms with Gasteiger partial charge in [0.1, 0.15) is 18.6 Å². The molecule has 0 aromatic heterocycles. The van der Waals surface area contributed by atoms with E-state index in [0.717, 1.165) is 0 Å². The molecule has 0 aliphatic heterocycles. The lowest BCUT2D eigenvalue weighted by Crippen LogP contribution is -2.17. The second-order valence-corrected chi connectivity index (χ2v) is 5.59. The zero-order chi connectivity index (χ0) is 19.1. The molecule has 140 valence electrons. The lowest BCUT2D eigenvalue weighted by Gasteiger charge is -2.13. The minimum absolute atomic E-state index is 0.182. The molecule has 2 rings (SSSR count). The summed E-state index contributed by atoms with van der Waals surface area (Å²) in [6.45, 7) is 3.10. The standard InChI is InChI=1S/C20H20F4O2/c1-3-5-13-6-7-14(16(22)10-13)11-15(21)12-26-18-9-8-17(25-4-2)19(23)20(18)24/h3,5-10,15H,4,11-12H2,1-2H3/b5-3+. The van der Waals surface area contributed by atoms with Gasteiger partial charge in [0.25, 0.3) is 0 Å². The van der Waals surface area contributed by atoms with E-state index in [-0.39, 0.29) is 24.3 Å². The van der Waals surface area contributed by atoms with Gasteiger partial charge in [0.05, 0.1) is 6.61 Å². The number of alkyl halides is 1. The van der Waals surface area contributed by atoms with Crippen LogP contribution in [-0.4, -0.2) is 19.4 Å². The number of allylic oxidation sites excluding steroid dienone is 1. The first-order chi connectivity index (χ1) is 12.5. The van der Waals surface area contributed by atoms with Gasteiger partial charge in [0, 0.05) is 6.42 Å². The highest BCUT2D eigenvalue weighted by Crippen LogP contribution is 2.28. The Morgan fingerprint density at radius 1 is 1.00 bits per heavy atom. The third kappa shape index (κ3) is 5.00. The molecule has 0 aliphatic rings. The van der Waals surface area contributed by atoms with Crippen molar-refractivity contribution in [3.63, 3.8) is 0 Å². The molecule has 1 atom stereocenters. The molecule has 1 unspecified atom stereocenters. The minimum atomic E-state index is -1.58. The predicted molar refractivity (Wildman–Crippen MR) is 92.7 cm³/mol. The summed E-state index contributed by atoms with van der Waals surface area (Å²) in [5.41, 5.74) is 0.861. The molecule has 0 spiro atoms. The lowest BCUT2D eigenvalue weighted by atomic mass is 10.1. The van der Waals surface area contributed by atoms with Crippen LogP contribution < -0.4 is 9.47 Å². The fraction of sp³-hybridized carbons (Fsp3) is 0.300. The maximum absolute atomic E-state index is 14.1. The van der Waals surface area contributed by atoms with E-state index in [0.29, 0.717) is 5.56 Å². The molecular formula is C20H20F4O2. The SMILES string of the molecule is C/C=C/c1ccc(CC(F)COc2ccc(OCC)c(F)c2F)c(F)c1. The molecule has 2 aromatic carbocycles. The Morgan fingerprint density at radius 2 is 1.65 bits per heavy atom. The highest BCUT2D eigenvalue weighted by Gasteiger charge is 2.18. The number of hydrogen-bond acceptors (Lipinski definition) is 2. The van der Waals surface area contributed by atoms with E-state index in [1.54, 1.807) is 25.1 Å². The van der Waals surface area contributed by atoms with Crippen LogP contribution in [0.1, 0.15) is 25.0 Å². The van der Waals surface area contributed by atoms with Gasteiger partial charge in [-0.2, -0.15) is 8.78 Å². The Balaban J connectivity index is 1.99. The molecular weight excluding hydrogens is 348 g/mol. The Hall–Kier alpha value is -2.50. The quantitative estimate of drug-likeness (QED) is 0.573. The molecule has 0 N–H and O–H groups in total. The summed E-state index contributed by atoms with van der Waals surface area (Å²) in [7, 11) is 0. The average Bonchev–Trinajstić information content (AvgIpc) is 2.61. The van der Waals surface area contributed by atoms with E-state index in [9.17, 15) is 17.6 Å². The fourth-order valence-electron chi connectivity index (χ4n) is 2.40. The Bertz CT molecular complexity index is 775. The van der Waals surface area contributed by atoms with Gasteiger partial charge in [-0.3, -0.25) is 0 Å². The monoisotopic (exact) mass is 368 g/mol. The number of ether oxygens (including phenoxy) is 2. The summed E-state index contributed by atoms with van der Waals surface area (Å²) in [4.78, 5) is 0. The molecule has 0 radical (unpaired) electrons. The Labute approximate surface area is 150 Å². The van der Waals surface area contributed by atoms with Crippen molar-refractivity contribution in [1.29, 1.82) is 0 Å². The van der Waals surface area contributed by atoms with E-state index in [2.05, 4.69) is 0 Å². The van der Waals surface area contributed by atoms with Gasteiger partial charge < -0.3 is 9.47 Å². The van der Waals surface area contributed by atoms with Crippen LogP contribution in [0.15, 0.2) is 36.4 Å². The molecule has 0 fully saturated rings. The van der Waals surface area contributed by atoms with E-state index < -0.39 is 36.0 Å². The van der Waals surface area contributed by atoms with E-state index in [1.165, 1.54) is 24.3 Å². The van der Waals surface area contributed by atoms with Gasteiger partial charge in [0.2, 0.25) is 11.6 Å². The second kappa shape index (κ2) is 9.27. The number of benzene rings is 2.